The van der Waals surface area contributed by atoms with Crippen LogP contribution in [-0.2, 0) is 23.0 Å². The van der Waals surface area contributed by atoms with E-state index in [1.807, 2.05) is 36.4 Å². The number of hydrogen-bond donors (Lipinski definition) is 0. The summed E-state index contributed by atoms with van der Waals surface area (Å²) in [6, 6.07) is 17.0. The van der Waals surface area contributed by atoms with E-state index in [4.69, 9.17) is 0 Å². The van der Waals surface area contributed by atoms with Crippen molar-refractivity contribution < 1.29 is 8.42 Å². The molecule has 1 saturated heterocycles. The van der Waals surface area contributed by atoms with Gasteiger partial charge in [0, 0.05) is 32.7 Å². The molecule has 0 bridgehead atoms. The number of sulfonamides is 1. The summed E-state index contributed by atoms with van der Waals surface area (Å²) in [7, 11) is -3.45. The van der Waals surface area contributed by atoms with Crippen molar-refractivity contribution in [1.82, 2.24) is 9.21 Å². The van der Waals surface area contributed by atoms with Crippen LogP contribution >= 0.6 is 0 Å². The lowest BCUT2D eigenvalue weighted by Crippen LogP contribution is -2.48. The summed E-state index contributed by atoms with van der Waals surface area (Å²) in [5, 5.41) is 9.22. The Labute approximate surface area is 161 Å². The Hall–Kier alpha value is -2.20. The molecular formula is C21H25N3O2S. The third-order valence-electron chi connectivity index (χ3n) is 4.96. The quantitative estimate of drug-likeness (QED) is 0.769. The van der Waals surface area contributed by atoms with Crippen LogP contribution in [0.5, 0.6) is 0 Å². The average molecular weight is 384 g/mol. The van der Waals surface area contributed by atoms with Crippen LogP contribution in [-0.4, -0.2) is 43.8 Å². The van der Waals surface area contributed by atoms with Gasteiger partial charge in [0.25, 0.3) is 0 Å². The van der Waals surface area contributed by atoms with Gasteiger partial charge in [0.15, 0.2) is 0 Å². The summed E-state index contributed by atoms with van der Waals surface area (Å²) in [5.74, 6) is 0. The van der Waals surface area contributed by atoms with Gasteiger partial charge in [0.05, 0.1) is 16.5 Å². The Morgan fingerprint density at radius 2 is 1.67 bits per heavy atom. The van der Waals surface area contributed by atoms with Crippen LogP contribution < -0.4 is 0 Å². The van der Waals surface area contributed by atoms with E-state index in [0.29, 0.717) is 43.2 Å². The fourth-order valence-electron chi connectivity index (χ4n) is 3.40. The van der Waals surface area contributed by atoms with Crippen LogP contribution in [0.3, 0.4) is 0 Å². The van der Waals surface area contributed by atoms with Gasteiger partial charge in [-0.15, -0.1) is 0 Å². The third kappa shape index (κ3) is 4.56. The minimum absolute atomic E-state index is 0.366. The first kappa shape index (κ1) is 19.6. The molecule has 2 aromatic rings. The highest BCUT2D eigenvalue weighted by Crippen LogP contribution is 2.20. The summed E-state index contributed by atoms with van der Waals surface area (Å²) >= 11 is 0. The molecule has 1 fully saturated rings. The monoisotopic (exact) mass is 383 g/mol. The van der Waals surface area contributed by atoms with Gasteiger partial charge < -0.3 is 0 Å². The van der Waals surface area contributed by atoms with E-state index in [9.17, 15) is 13.7 Å². The highest BCUT2D eigenvalue weighted by Gasteiger charge is 2.28. The zero-order chi connectivity index (χ0) is 19.3. The van der Waals surface area contributed by atoms with Crippen LogP contribution in [0.1, 0.15) is 30.0 Å². The third-order valence-corrected chi connectivity index (χ3v) is 6.88. The summed E-state index contributed by atoms with van der Waals surface area (Å²) in [6.45, 7) is 5.03. The number of aryl methyl sites for hydroxylation is 1. The van der Waals surface area contributed by atoms with Crippen LogP contribution in [0.25, 0.3) is 0 Å². The van der Waals surface area contributed by atoms with Crippen molar-refractivity contribution in [2.24, 2.45) is 0 Å². The summed E-state index contributed by atoms with van der Waals surface area (Å²) in [5.41, 5.74) is 2.83. The molecule has 6 heteroatoms. The number of rotatable bonds is 6. The lowest BCUT2D eigenvalue weighted by molar-refractivity contribution is 0.181. The van der Waals surface area contributed by atoms with Crippen molar-refractivity contribution in [2.75, 3.05) is 26.2 Å². The maximum Gasteiger partial charge on any atom is 0.243 e. The zero-order valence-corrected chi connectivity index (χ0v) is 16.5. The molecule has 0 atom stereocenters. The van der Waals surface area contributed by atoms with Gasteiger partial charge in [-0.1, -0.05) is 43.7 Å². The Balaban J connectivity index is 1.63. The minimum atomic E-state index is -3.45. The smallest absolute Gasteiger partial charge is 0.243 e. The predicted molar refractivity (Wildman–Crippen MR) is 106 cm³/mol. The molecule has 0 spiro atoms. The second-order valence-corrected chi connectivity index (χ2v) is 8.78. The standard InChI is InChI=1S/C21H25N3O2S/c1-2-5-18-8-10-21(11-9-18)27(25,26)24-14-12-23(13-15-24)17-20-7-4-3-6-19(20)16-22/h3-4,6-11H,2,5,12-15,17H2,1H3. The molecule has 0 radical (unpaired) electrons. The molecule has 0 unspecified atom stereocenters. The number of piperazine rings is 1. The van der Waals surface area contributed by atoms with Crippen LogP contribution in [0, 0.1) is 11.3 Å². The number of hydrogen-bond acceptors (Lipinski definition) is 4. The minimum Gasteiger partial charge on any atom is -0.296 e. The zero-order valence-electron chi connectivity index (χ0n) is 15.6. The topological polar surface area (TPSA) is 64.4 Å². The van der Waals surface area contributed by atoms with Crippen molar-refractivity contribution in [2.45, 2.75) is 31.2 Å². The van der Waals surface area contributed by atoms with Gasteiger partial charge in [-0.3, -0.25) is 4.90 Å². The van der Waals surface area contributed by atoms with Gasteiger partial charge in [0.1, 0.15) is 0 Å². The van der Waals surface area contributed by atoms with E-state index in [1.54, 1.807) is 16.4 Å². The lowest BCUT2D eigenvalue weighted by atomic mass is 10.1. The largest absolute Gasteiger partial charge is 0.296 e. The van der Waals surface area contributed by atoms with Crippen molar-refractivity contribution in [3.05, 3.63) is 65.2 Å². The van der Waals surface area contributed by atoms with Crippen LogP contribution in [0.2, 0.25) is 0 Å². The molecule has 0 saturated carbocycles. The van der Waals surface area contributed by atoms with Gasteiger partial charge in [-0.05, 0) is 35.7 Å². The molecular weight excluding hydrogens is 358 g/mol. The number of nitrogens with zero attached hydrogens (tertiary/aromatic N) is 3. The Bertz CT molecular complexity index is 909. The molecule has 0 amide bonds. The second-order valence-electron chi connectivity index (χ2n) is 6.84. The first-order valence-electron chi connectivity index (χ1n) is 9.34. The molecule has 0 aliphatic carbocycles. The highest BCUT2D eigenvalue weighted by molar-refractivity contribution is 7.89. The van der Waals surface area contributed by atoms with Crippen molar-refractivity contribution in [1.29, 1.82) is 5.26 Å². The van der Waals surface area contributed by atoms with Crippen molar-refractivity contribution in [3.8, 4) is 6.07 Å². The fourth-order valence-corrected chi connectivity index (χ4v) is 4.82. The SMILES string of the molecule is CCCc1ccc(S(=O)(=O)N2CCN(Cc3ccccc3C#N)CC2)cc1. The van der Waals surface area contributed by atoms with E-state index >= 15 is 0 Å². The molecule has 1 aliphatic heterocycles. The van der Waals surface area contributed by atoms with Crippen LogP contribution in [0.4, 0.5) is 0 Å². The lowest BCUT2D eigenvalue weighted by Gasteiger charge is -2.34. The van der Waals surface area contributed by atoms with Gasteiger partial charge in [-0.2, -0.15) is 9.57 Å². The van der Waals surface area contributed by atoms with Gasteiger partial charge in [-0.25, -0.2) is 8.42 Å². The Morgan fingerprint density at radius 3 is 2.30 bits per heavy atom. The van der Waals surface area contributed by atoms with Gasteiger partial charge in [0.2, 0.25) is 10.0 Å². The average Bonchev–Trinajstić information content (AvgIpc) is 2.69. The molecule has 142 valence electrons. The van der Waals surface area contributed by atoms with Crippen LogP contribution in [0.15, 0.2) is 53.4 Å². The molecule has 2 aromatic carbocycles. The second kappa shape index (κ2) is 8.66. The van der Waals surface area contributed by atoms with E-state index in [1.165, 1.54) is 0 Å². The van der Waals surface area contributed by atoms with E-state index < -0.39 is 10.0 Å². The molecule has 27 heavy (non-hydrogen) atoms. The van der Waals surface area contributed by atoms with E-state index in [2.05, 4.69) is 17.9 Å². The Morgan fingerprint density at radius 1 is 1.00 bits per heavy atom. The first-order valence-corrected chi connectivity index (χ1v) is 10.8. The maximum absolute atomic E-state index is 12.9. The number of benzene rings is 2. The summed E-state index contributed by atoms with van der Waals surface area (Å²) < 4.78 is 27.3. The molecule has 0 N–H and O–H groups in total. The van der Waals surface area contributed by atoms with E-state index in [0.717, 1.165) is 24.0 Å². The highest BCUT2D eigenvalue weighted by atomic mass is 32.2. The molecule has 3 rings (SSSR count). The molecule has 0 aromatic heterocycles. The molecule has 5 nitrogen and oxygen atoms in total. The number of nitriles is 1. The summed E-state index contributed by atoms with van der Waals surface area (Å²) in [4.78, 5) is 2.57. The molecule has 1 aliphatic rings. The summed E-state index contributed by atoms with van der Waals surface area (Å²) in [6.07, 6.45) is 2.01. The Kier molecular flexibility index (Phi) is 6.27. The van der Waals surface area contributed by atoms with Crippen molar-refractivity contribution >= 4 is 10.0 Å². The van der Waals surface area contributed by atoms with Gasteiger partial charge >= 0.3 is 0 Å². The van der Waals surface area contributed by atoms with Crippen molar-refractivity contribution in [3.63, 3.8) is 0 Å². The molecule has 1 heterocycles. The predicted octanol–water partition coefficient (Wildman–Crippen LogP) is 3.02. The first-order chi connectivity index (χ1) is 13.0. The maximum atomic E-state index is 12.9. The fraction of sp³-hybridized carbons (Fsp3) is 0.381. The normalized spacial score (nSPS) is 16.1. The van der Waals surface area contributed by atoms with E-state index in [-0.39, 0.29) is 0 Å².